The van der Waals surface area contributed by atoms with Gasteiger partial charge < -0.3 is 5.73 Å². The van der Waals surface area contributed by atoms with Crippen LogP contribution in [0.15, 0.2) is 199 Å². The van der Waals surface area contributed by atoms with Crippen molar-refractivity contribution in [2.75, 3.05) is 0 Å². The van der Waals surface area contributed by atoms with Gasteiger partial charge in [-0.2, -0.15) is 0 Å². The summed E-state index contributed by atoms with van der Waals surface area (Å²) < 4.78 is 0. The summed E-state index contributed by atoms with van der Waals surface area (Å²) in [6.07, 6.45) is 17.2. The minimum absolute atomic E-state index is 0.412. The molecular formula is C48H42N2. The second-order valence-electron chi connectivity index (χ2n) is 12.7. The summed E-state index contributed by atoms with van der Waals surface area (Å²) in [4.78, 5) is 5.08. The van der Waals surface area contributed by atoms with Crippen molar-refractivity contribution in [1.29, 1.82) is 0 Å². The van der Waals surface area contributed by atoms with Crippen molar-refractivity contribution in [2.24, 2.45) is 10.7 Å². The molecule has 244 valence electrons. The van der Waals surface area contributed by atoms with Gasteiger partial charge in [-0.15, -0.1) is 0 Å². The molecule has 0 amide bonds. The zero-order valence-electron chi connectivity index (χ0n) is 28.6. The Bertz CT molecular complexity index is 2180. The minimum Gasteiger partial charge on any atom is -0.398 e. The van der Waals surface area contributed by atoms with Crippen molar-refractivity contribution in [3.63, 3.8) is 0 Å². The number of rotatable bonds is 10. The van der Waals surface area contributed by atoms with Crippen LogP contribution in [-0.4, -0.2) is 5.71 Å². The molecule has 2 aliphatic rings. The highest BCUT2D eigenvalue weighted by atomic mass is 14.7. The lowest BCUT2D eigenvalue weighted by Gasteiger charge is -2.36. The van der Waals surface area contributed by atoms with Gasteiger partial charge in [-0.1, -0.05) is 176 Å². The van der Waals surface area contributed by atoms with Gasteiger partial charge in [-0.25, -0.2) is 0 Å². The highest BCUT2D eigenvalue weighted by Gasteiger charge is 2.48. The Kier molecular flexibility index (Phi) is 9.53. The minimum atomic E-state index is -0.412. The molecule has 1 atom stereocenters. The maximum absolute atomic E-state index is 6.55. The molecule has 0 aromatic heterocycles. The first-order chi connectivity index (χ1) is 24.6. The Morgan fingerprint density at radius 2 is 1.48 bits per heavy atom. The number of benzene rings is 5. The Hall–Kier alpha value is -5.99. The van der Waals surface area contributed by atoms with Crippen LogP contribution in [-0.2, 0) is 12.0 Å². The molecule has 0 radical (unpaired) electrons. The van der Waals surface area contributed by atoms with Crippen molar-refractivity contribution in [3.05, 3.63) is 227 Å². The van der Waals surface area contributed by atoms with Crippen LogP contribution in [0.4, 0.5) is 0 Å². The summed E-state index contributed by atoms with van der Waals surface area (Å²) >= 11 is 0. The lowest BCUT2D eigenvalue weighted by molar-refractivity contribution is 0.753. The second kappa shape index (κ2) is 14.6. The van der Waals surface area contributed by atoms with Crippen LogP contribution in [0.25, 0.3) is 22.4 Å². The third-order valence-corrected chi connectivity index (χ3v) is 9.87. The van der Waals surface area contributed by atoms with Crippen LogP contribution in [0.3, 0.4) is 0 Å². The summed E-state index contributed by atoms with van der Waals surface area (Å²) in [5, 5.41) is 0. The molecule has 0 saturated heterocycles. The van der Waals surface area contributed by atoms with Crippen molar-refractivity contribution in [3.8, 4) is 11.1 Å². The molecule has 7 rings (SSSR count). The molecule has 2 nitrogen and oxygen atoms in total. The van der Waals surface area contributed by atoms with Gasteiger partial charge in [0, 0.05) is 5.70 Å². The van der Waals surface area contributed by atoms with Crippen LogP contribution >= 0.6 is 0 Å². The van der Waals surface area contributed by atoms with E-state index < -0.39 is 5.41 Å². The maximum Gasteiger partial charge on any atom is 0.0707 e. The number of allylic oxidation sites excluding steroid dienone is 10. The number of hydrogen-bond donors (Lipinski definition) is 1. The number of nitrogens with two attached hydrogens (primary N) is 1. The molecule has 0 spiro atoms. The van der Waals surface area contributed by atoms with Crippen LogP contribution < -0.4 is 5.73 Å². The van der Waals surface area contributed by atoms with Crippen molar-refractivity contribution in [2.45, 2.75) is 31.7 Å². The lowest BCUT2D eigenvalue weighted by atomic mass is 9.65. The molecule has 2 heteroatoms. The zero-order chi connectivity index (χ0) is 34.3. The first kappa shape index (κ1) is 32.6. The quantitative estimate of drug-likeness (QED) is 0.119. The first-order valence-electron chi connectivity index (χ1n) is 17.4. The largest absolute Gasteiger partial charge is 0.398 e. The topological polar surface area (TPSA) is 38.4 Å². The van der Waals surface area contributed by atoms with Crippen molar-refractivity contribution < 1.29 is 0 Å². The van der Waals surface area contributed by atoms with Gasteiger partial charge in [-0.05, 0) is 87.1 Å². The average Bonchev–Trinajstić information content (AvgIpc) is 3.49. The fourth-order valence-corrected chi connectivity index (χ4v) is 7.59. The molecular weight excluding hydrogens is 605 g/mol. The van der Waals surface area contributed by atoms with E-state index in [9.17, 15) is 0 Å². The van der Waals surface area contributed by atoms with Crippen molar-refractivity contribution in [1.82, 2.24) is 0 Å². The Morgan fingerprint density at radius 3 is 2.16 bits per heavy atom. The number of nitrogens with zero attached hydrogens (tertiary/aromatic N) is 1. The summed E-state index contributed by atoms with van der Waals surface area (Å²) in [5.74, 6) is 0. The molecule has 50 heavy (non-hydrogen) atoms. The van der Waals surface area contributed by atoms with E-state index in [0.29, 0.717) is 12.2 Å². The first-order valence-corrected chi connectivity index (χ1v) is 17.4. The summed E-state index contributed by atoms with van der Waals surface area (Å²) in [7, 11) is 0. The van der Waals surface area contributed by atoms with E-state index in [1.54, 1.807) is 0 Å². The lowest BCUT2D eigenvalue weighted by Crippen LogP contribution is -2.30. The van der Waals surface area contributed by atoms with Crippen LogP contribution in [0.5, 0.6) is 0 Å². The summed E-state index contributed by atoms with van der Waals surface area (Å²) in [6, 6.07) is 47.1. The Balaban J connectivity index is 1.29. The van der Waals surface area contributed by atoms with Gasteiger partial charge >= 0.3 is 0 Å². The third-order valence-electron chi connectivity index (χ3n) is 9.87. The Labute approximate surface area is 296 Å². The fourth-order valence-electron chi connectivity index (χ4n) is 7.59. The van der Waals surface area contributed by atoms with Gasteiger partial charge in [0.25, 0.3) is 0 Å². The number of aliphatic imine (C=N–C) groups is 1. The van der Waals surface area contributed by atoms with E-state index in [-0.39, 0.29) is 0 Å². The smallest absolute Gasteiger partial charge is 0.0707 e. The van der Waals surface area contributed by atoms with Gasteiger partial charge in [0.05, 0.1) is 17.7 Å². The molecule has 2 N–H and O–H groups in total. The van der Waals surface area contributed by atoms with E-state index in [2.05, 4.69) is 129 Å². The molecule has 0 saturated carbocycles. The second-order valence-corrected chi connectivity index (χ2v) is 12.7. The Morgan fingerprint density at radius 1 is 0.800 bits per heavy atom. The van der Waals surface area contributed by atoms with E-state index >= 15 is 0 Å². The highest BCUT2D eigenvalue weighted by molar-refractivity contribution is 6.12. The van der Waals surface area contributed by atoms with E-state index in [1.807, 2.05) is 60.7 Å². The predicted molar refractivity (Wildman–Crippen MR) is 213 cm³/mol. The van der Waals surface area contributed by atoms with Gasteiger partial charge in [0.15, 0.2) is 0 Å². The van der Waals surface area contributed by atoms with Gasteiger partial charge in [0.2, 0.25) is 0 Å². The molecule has 5 aromatic carbocycles. The van der Waals surface area contributed by atoms with Gasteiger partial charge in [-0.3, -0.25) is 4.99 Å². The summed E-state index contributed by atoms with van der Waals surface area (Å²) in [5.41, 5.74) is 21.4. The fraction of sp³-hybridized carbons (Fsp3) is 0.104. The van der Waals surface area contributed by atoms with Crippen molar-refractivity contribution >= 4 is 17.0 Å². The molecule has 0 aliphatic heterocycles. The highest BCUT2D eigenvalue weighted by Crippen LogP contribution is 2.59. The van der Waals surface area contributed by atoms with Gasteiger partial charge in [0.1, 0.15) is 0 Å². The molecule has 2 aliphatic carbocycles. The molecule has 0 bridgehead atoms. The normalized spacial score (nSPS) is 17.6. The predicted octanol–water partition coefficient (Wildman–Crippen LogP) is 11.4. The third kappa shape index (κ3) is 6.06. The standard InChI is InChI=1S/C48H42N2/c1-3-5-22-39(4-2)48(40-23-13-8-14-24-40)43-27-16-15-25-42(43)47-41(26-17-28-44(47)48)36-31-29-35(30-32-36)34-50-46(38-20-11-7-12-21-38)33-45(49)37-18-9-6-10-19-37/h3-14,16-24,26-33H,1,15,25,34,49H2,2H3/b22-5-,39-4+,45-33-,50-46+. The van der Waals surface area contributed by atoms with Crippen LogP contribution in [0, 0.1) is 0 Å². The SMILES string of the molecule is C=C/C=C\C(=C/C)C1(c2ccccc2)C2=C(CCC=C2)c2c(-c3ccc(C/N=C(\C=C(/N)c4ccccc4)c4ccccc4)cc3)cccc21. The molecule has 0 fully saturated rings. The van der Waals surface area contributed by atoms with E-state index in [4.69, 9.17) is 10.7 Å². The zero-order valence-corrected chi connectivity index (χ0v) is 28.6. The molecule has 0 heterocycles. The van der Waals surface area contributed by atoms with Crippen LogP contribution in [0.1, 0.15) is 53.1 Å². The number of hydrogen-bond acceptors (Lipinski definition) is 2. The summed E-state index contributed by atoms with van der Waals surface area (Å²) in [6.45, 7) is 6.68. The monoisotopic (exact) mass is 646 g/mol. The van der Waals surface area contributed by atoms with E-state index in [1.165, 1.54) is 44.5 Å². The number of fused-ring (bicyclic) bond motifs is 2. The average molecular weight is 647 g/mol. The molecule has 1 unspecified atom stereocenters. The van der Waals surface area contributed by atoms with E-state index in [0.717, 1.165) is 35.2 Å². The molecule has 5 aromatic rings. The van der Waals surface area contributed by atoms with Crippen LogP contribution in [0.2, 0.25) is 0 Å². The maximum atomic E-state index is 6.55.